The third-order valence-corrected chi connectivity index (χ3v) is 11.4. The average Bonchev–Trinajstić information content (AvgIpc) is 3.15. The summed E-state index contributed by atoms with van der Waals surface area (Å²) in [5, 5.41) is 15.4. The molecule has 1 saturated carbocycles. The van der Waals surface area contributed by atoms with Gasteiger partial charge in [-0.1, -0.05) is 24.6 Å². The Morgan fingerprint density at radius 3 is 2.45 bits per heavy atom. The van der Waals surface area contributed by atoms with Gasteiger partial charge in [-0.15, -0.1) is 0 Å². The zero-order valence-electron chi connectivity index (χ0n) is 29.7. The van der Waals surface area contributed by atoms with E-state index in [4.69, 9.17) is 24.0 Å². The van der Waals surface area contributed by atoms with Crippen LogP contribution in [0.3, 0.4) is 0 Å². The molecule has 19 heteroatoms. The lowest BCUT2D eigenvalue weighted by Gasteiger charge is -2.52. The molecule has 0 spiro atoms. The Kier molecular flexibility index (Phi) is 11.4. The van der Waals surface area contributed by atoms with E-state index in [1.54, 1.807) is 11.8 Å². The maximum absolute atomic E-state index is 14.4. The first-order valence-electron chi connectivity index (χ1n) is 17.0. The molecule has 4 N–H and O–H groups in total. The molecule has 2 aliphatic heterocycles. The molecule has 1 aromatic carbocycles. The van der Waals surface area contributed by atoms with Crippen LogP contribution in [0.15, 0.2) is 34.3 Å². The Bertz CT molecular complexity index is 1910. The van der Waals surface area contributed by atoms with Gasteiger partial charge in [0.25, 0.3) is 11.8 Å². The van der Waals surface area contributed by atoms with E-state index in [1.165, 1.54) is 10.8 Å². The Morgan fingerprint density at radius 1 is 1.11 bits per heavy atom. The van der Waals surface area contributed by atoms with E-state index in [0.717, 1.165) is 18.6 Å². The van der Waals surface area contributed by atoms with E-state index in [-0.39, 0.29) is 43.5 Å². The summed E-state index contributed by atoms with van der Waals surface area (Å²) in [5.74, 6) is -3.88. The molecule has 53 heavy (non-hydrogen) atoms. The van der Waals surface area contributed by atoms with Gasteiger partial charge < -0.3 is 44.0 Å². The smallest absolute Gasteiger partial charge is 0.451 e. The van der Waals surface area contributed by atoms with Crippen LogP contribution in [0.25, 0.3) is 0 Å². The van der Waals surface area contributed by atoms with Crippen molar-refractivity contribution in [1.29, 1.82) is 0 Å². The minimum atomic E-state index is -4.76. The standard InChI is InChI=1S/C34H43F2N4O12P/c1-20(38-45)13-32(3)11-8-21(2)39-16-33(32,4)40-15-24(29(42)37-14-22-6-7-23(35)12-25(22)36)27(41)28(26(40)30(39)43)50-19-51-31(44)49-17-34(9-5-10-34)18-52-53(46,47)48/h6-7,12,15,21,45H,5,8-11,13-14,16-19H2,1-4H3,(H,37,42)(H2,46,47,48)/b38-20-/t21-,32+,33+/m0/s1. The van der Waals surface area contributed by atoms with Crippen LogP contribution in [0.5, 0.6) is 5.75 Å². The van der Waals surface area contributed by atoms with Crippen molar-refractivity contribution in [2.75, 3.05) is 26.6 Å². The minimum Gasteiger partial charge on any atom is -0.451 e. The van der Waals surface area contributed by atoms with Gasteiger partial charge in [0.05, 0.1) is 17.9 Å². The van der Waals surface area contributed by atoms with Crippen LogP contribution in [0.1, 0.15) is 92.6 Å². The first-order chi connectivity index (χ1) is 24.8. The maximum atomic E-state index is 14.4. The molecule has 1 aromatic heterocycles. The van der Waals surface area contributed by atoms with E-state index >= 15 is 0 Å². The number of benzene rings is 1. The number of fused-ring (bicyclic) bond motifs is 4. The molecule has 3 atom stereocenters. The molecule has 290 valence electrons. The third-order valence-electron chi connectivity index (χ3n) is 10.9. The predicted octanol–water partition coefficient (Wildman–Crippen LogP) is 4.43. The molecular formula is C34H43F2N4O12P. The number of carbonyl (C=O) groups excluding carboxylic acids is 3. The lowest BCUT2D eigenvalue weighted by molar-refractivity contribution is -0.0504. The lowest BCUT2D eigenvalue weighted by Crippen LogP contribution is -2.60. The second kappa shape index (κ2) is 15.2. The Labute approximate surface area is 303 Å². The van der Waals surface area contributed by atoms with Crippen molar-refractivity contribution in [3.63, 3.8) is 0 Å². The molecular weight excluding hydrogens is 725 g/mol. The average molecular weight is 769 g/mol. The van der Waals surface area contributed by atoms with Crippen LogP contribution < -0.4 is 15.5 Å². The highest BCUT2D eigenvalue weighted by Gasteiger charge is 2.55. The first kappa shape index (κ1) is 39.8. The van der Waals surface area contributed by atoms with Gasteiger partial charge >= 0.3 is 14.0 Å². The zero-order valence-corrected chi connectivity index (χ0v) is 30.6. The van der Waals surface area contributed by atoms with Crippen LogP contribution in [0, 0.1) is 22.5 Å². The summed E-state index contributed by atoms with van der Waals surface area (Å²) in [7, 11) is -4.76. The SMILES string of the molecule is C/C(C[C@@]1(C)CC[C@H](C)N2C[C@@]1(C)n1cc(C(=O)NCc3ccc(F)cc3F)c(=O)c(OCOC(=O)OCC3(COP(=O)(O)O)CCC3)c1C2=O)=N/O. The maximum Gasteiger partial charge on any atom is 0.511 e. The predicted molar refractivity (Wildman–Crippen MR) is 181 cm³/mol. The number of hydrogen-bond donors (Lipinski definition) is 4. The number of ether oxygens (including phenoxy) is 3. The summed E-state index contributed by atoms with van der Waals surface area (Å²) in [6, 6.07) is 2.52. The highest BCUT2D eigenvalue weighted by Crippen LogP contribution is 2.51. The van der Waals surface area contributed by atoms with Crippen LogP contribution in [0.4, 0.5) is 13.6 Å². The molecule has 0 unspecified atom stereocenters. The van der Waals surface area contributed by atoms with Gasteiger partial charge in [0.15, 0.2) is 5.69 Å². The summed E-state index contributed by atoms with van der Waals surface area (Å²) in [6.45, 7) is 5.47. The summed E-state index contributed by atoms with van der Waals surface area (Å²) in [6.07, 6.45) is 3.04. The Hall–Kier alpha value is -4.38. The molecule has 1 aliphatic carbocycles. The van der Waals surface area contributed by atoms with Crippen molar-refractivity contribution in [2.24, 2.45) is 16.0 Å². The summed E-state index contributed by atoms with van der Waals surface area (Å²) in [5.41, 5.74) is -3.97. The van der Waals surface area contributed by atoms with E-state index in [0.29, 0.717) is 37.5 Å². The molecule has 16 nitrogen and oxygen atoms in total. The van der Waals surface area contributed by atoms with Gasteiger partial charge in [-0.25, -0.2) is 18.1 Å². The van der Waals surface area contributed by atoms with Gasteiger partial charge in [0, 0.05) is 42.4 Å². The van der Waals surface area contributed by atoms with Gasteiger partial charge in [0.2, 0.25) is 18.0 Å². The second-order valence-electron chi connectivity index (χ2n) is 14.6. The van der Waals surface area contributed by atoms with E-state index in [9.17, 15) is 37.7 Å². The molecule has 3 aliphatic rings. The molecule has 0 radical (unpaired) electrons. The Balaban J connectivity index is 1.48. The number of hydrogen-bond acceptors (Lipinski definition) is 11. The number of nitrogens with zero attached hydrogens (tertiary/aromatic N) is 3. The number of oxime groups is 1. The number of pyridine rings is 1. The van der Waals surface area contributed by atoms with E-state index < -0.39 is 83.9 Å². The molecule has 3 heterocycles. The number of halogens is 2. The van der Waals surface area contributed by atoms with Gasteiger partial charge in [-0.3, -0.25) is 18.9 Å². The molecule has 5 rings (SSSR count). The monoisotopic (exact) mass is 768 g/mol. The fourth-order valence-electron chi connectivity index (χ4n) is 7.32. The fourth-order valence-corrected chi connectivity index (χ4v) is 7.76. The van der Waals surface area contributed by atoms with Crippen LogP contribution in [0.2, 0.25) is 0 Å². The highest BCUT2D eigenvalue weighted by atomic mass is 31.2. The van der Waals surface area contributed by atoms with Crippen molar-refractivity contribution >= 4 is 31.5 Å². The number of aromatic nitrogens is 1. The second-order valence-corrected chi connectivity index (χ2v) is 15.8. The van der Waals surface area contributed by atoms with Crippen molar-refractivity contribution in [3.05, 3.63) is 63.1 Å². The van der Waals surface area contributed by atoms with Crippen molar-refractivity contribution < 1.29 is 61.5 Å². The zero-order chi connectivity index (χ0) is 38.9. The van der Waals surface area contributed by atoms with E-state index in [1.807, 2.05) is 20.8 Å². The topological polar surface area (TPSA) is 216 Å². The van der Waals surface area contributed by atoms with Gasteiger partial charge in [0.1, 0.15) is 23.8 Å². The largest absolute Gasteiger partial charge is 0.511 e. The molecule has 2 amide bonds. The normalized spacial score (nSPS) is 23.7. The fraction of sp³-hybridized carbons (Fsp3) is 0.559. The van der Waals surface area contributed by atoms with Gasteiger partial charge in [-0.2, -0.15) is 0 Å². The molecule has 1 saturated heterocycles. The summed E-state index contributed by atoms with van der Waals surface area (Å²) in [4.78, 5) is 74.2. The third kappa shape index (κ3) is 8.25. The number of carbonyl (C=O) groups is 3. The van der Waals surface area contributed by atoms with E-state index in [2.05, 4.69) is 15.0 Å². The van der Waals surface area contributed by atoms with Crippen molar-refractivity contribution in [1.82, 2.24) is 14.8 Å². The van der Waals surface area contributed by atoms with Crippen LogP contribution >= 0.6 is 7.82 Å². The summed E-state index contributed by atoms with van der Waals surface area (Å²) >= 11 is 0. The van der Waals surface area contributed by atoms with Crippen molar-refractivity contribution in [2.45, 2.75) is 84.3 Å². The first-order valence-corrected chi connectivity index (χ1v) is 18.5. The van der Waals surface area contributed by atoms with Crippen LogP contribution in [-0.2, 0) is 30.6 Å². The summed E-state index contributed by atoms with van der Waals surface area (Å²) < 4.78 is 61.1. The minimum absolute atomic E-state index is 0.0555. The number of rotatable bonds is 13. The number of amides is 2. The van der Waals surface area contributed by atoms with Crippen molar-refractivity contribution in [3.8, 4) is 5.75 Å². The number of phosphoric ester groups is 1. The highest BCUT2D eigenvalue weighted by molar-refractivity contribution is 7.46. The van der Waals surface area contributed by atoms with Crippen LogP contribution in [-0.4, -0.2) is 80.7 Å². The Morgan fingerprint density at radius 2 is 1.83 bits per heavy atom. The quantitative estimate of drug-likeness (QED) is 0.0556. The van der Waals surface area contributed by atoms with Gasteiger partial charge in [-0.05, 0) is 64.4 Å². The molecule has 2 bridgehead atoms. The molecule has 2 fully saturated rings. The number of phosphoric acid groups is 1. The molecule has 2 aromatic rings. The lowest BCUT2D eigenvalue weighted by atomic mass is 9.65. The number of nitrogens with one attached hydrogen (secondary N) is 1.